The van der Waals surface area contributed by atoms with Gasteiger partial charge in [-0.05, 0) is 47.5 Å². The Morgan fingerprint density at radius 1 is 0.931 bits per heavy atom. The number of methoxy groups -OCH3 is 1. The van der Waals surface area contributed by atoms with Crippen molar-refractivity contribution in [3.05, 3.63) is 95.1 Å². The predicted octanol–water partition coefficient (Wildman–Crippen LogP) is 3.91. The minimum atomic E-state index is -0.362. The van der Waals surface area contributed by atoms with Gasteiger partial charge in [-0.2, -0.15) is 0 Å². The lowest BCUT2D eigenvalue weighted by molar-refractivity contribution is 0.0600. The van der Waals surface area contributed by atoms with Gasteiger partial charge in [0.2, 0.25) is 0 Å². The number of benzene rings is 3. The summed E-state index contributed by atoms with van der Waals surface area (Å²) in [5.41, 5.74) is 3.84. The first kappa shape index (κ1) is 18.6. The number of amides is 1. The highest BCUT2D eigenvalue weighted by Gasteiger charge is 2.23. The highest BCUT2D eigenvalue weighted by molar-refractivity contribution is 6.01. The SMILES string of the molecule is COC(=O)c1ccc(COc2ccc(C3NC(=O)c4ccccc4N3)cc2)cc1. The fourth-order valence-electron chi connectivity index (χ4n) is 3.15. The third-order valence-corrected chi connectivity index (χ3v) is 4.74. The van der Waals surface area contributed by atoms with Gasteiger partial charge in [0.25, 0.3) is 5.91 Å². The summed E-state index contributed by atoms with van der Waals surface area (Å²) in [5, 5.41) is 6.29. The summed E-state index contributed by atoms with van der Waals surface area (Å²) in [4.78, 5) is 23.7. The van der Waals surface area contributed by atoms with Crippen LogP contribution in [-0.2, 0) is 11.3 Å². The number of rotatable bonds is 5. The zero-order valence-corrected chi connectivity index (χ0v) is 15.8. The van der Waals surface area contributed by atoms with E-state index >= 15 is 0 Å². The van der Waals surface area contributed by atoms with Gasteiger partial charge in [0, 0.05) is 5.69 Å². The molecular formula is C23H20N2O4. The molecule has 1 atom stereocenters. The van der Waals surface area contributed by atoms with Gasteiger partial charge < -0.3 is 20.1 Å². The lowest BCUT2D eigenvalue weighted by Crippen LogP contribution is -2.38. The number of esters is 1. The van der Waals surface area contributed by atoms with Gasteiger partial charge in [-0.15, -0.1) is 0 Å². The molecule has 4 rings (SSSR count). The molecule has 0 fully saturated rings. The Hall–Kier alpha value is -3.80. The minimum absolute atomic E-state index is 0.0971. The molecule has 0 aliphatic carbocycles. The zero-order chi connectivity index (χ0) is 20.2. The van der Waals surface area contributed by atoms with Crippen LogP contribution >= 0.6 is 0 Å². The molecule has 146 valence electrons. The van der Waals surface area contributed by atoms with Crippen molar-refractivity contribution in [1.82, 2.24) is 5.32 Å². The summed E-state index contributed by atoms with van der Waals surface area (Å²) in [6.07, 6.45) is -0.294. The standard InChI is InChI=1S/C23H20N2O4/c1-28-23(27)17-8-6-15(7-9-17)14-29-18-12-10-16(11-13-18)21-24-20-5-3-2-4-19(20)22(26)25-21/h2-13,21,24H,14H2,1H3,(H,25,26). The monoisotopic (exact) mass is 388 g/mol. The van der Waals surface area contributed by atoms with Gasteiger partial charge in [0.1, 0.15) is 18.5 Å². The average molecular weight is 388 g/mol. The smallest absolute Gasteiger partial charge is 0.337 e. The van der Waals surface area contributed by atoms with Crippen molar-refractivity contribution in [3.63, 3.8) is 0 Å². The van der Waals surface area contributed by atoms with E-state index in [-0.39, 0.29) is 18.0 Å². The number of anilines is 1. The summed E-state index contributed by atoms with van der Waals surface area (Å²) in [7, 11) is 1.36. The topological polar surface area (TPSA) is 76.7 Å². The summed E-state index contributed by atoms with van der Waals surface area (Å²) >= 11 is 0. The summed E-state index contributed by atoms with van der Waals surface area (Å²) in [6.45, 7) is 0.382. The molecule has 29 heavy (non-hydrogen) atoms. The van der Waals surface area contributed by atoms with E-state index in [2.05, 4.69) is 10.6 Å². The van der Waals surface area contributed by atoms with Gasteiger partial charge >= 0.3 is 5.97 Å². The number of fused-ring (bicyclic) bond motifs is 1. The number of para-hydroxylation sites is 1. The van der Waals surface area contributed by atoms with Crippen molar-refractivity contribution in [1.29, 1.82) is 0 Å². The average Bonchev–Trinajstić information content (AvgIpc) is 2.78. The number of carbonyl (C=O) groups excluding carboxylic acids is 2. The Balaban J connectivity index is 1.38. The molecule has 3 aromatic rings. The van der Waals surface area contributed by atoms with Crippen molar-refractivity contribution in [3.8, 4) is 5.75 Å². The first-order valence-electron chi connectivity index (χ1n) is 9.20. The molecule has 0 saturated heterocycles. The third kappa shape index (κ3) is 4.06. The van der Waals surface area contributed by atoms with Crippen molar-refractivity contribution < 1.29 is 19.1 Å². The Labute approximate surface area is 168 Å². The van der Waals surface area contributed by atoms with Gasteiger partial charge in [0.05, 0.1) is 18.2 Å². The van der Waals surface area contributed by atoms with Crippen molar-refractivity contribution >= 4 is 17.6 Å². The normalized spacial score (nSPS) is 14.9. The molecule has 0 radical (unpaired) electrons. The molecule has 6 heteroatoms. The van der Waals surface area contributed by atoms with Crippen molar-refractivity contribution in [2.75, 3.05) is 12.4 Å². The van der Waals surface area contributed by atoms with Crippen molar-refractivity contribution in [2.24, 2.45) is 0 Å². The molecule has 1 amide bonds. The second-order valence-corrected chi connectivity index (χ2v) is 6.64. The number of hydrogen-bond acceptors (Lipinski definition) is 5. The van der Waals surface area contributed by atoms with E-state index in [9.17, 15) is 9.59 Å². The number of nitrogens with one attached hydrogen (secondary N) is 2. The van der Waals surface area contributed by atoms with Crippen LogP contribution in [0.4, 0.5) is 5.69 Å². The van der Waals surface area contributed by atoms with Gasteiger partial charge in [0.15, 0.2) is 0 Å². The molecular weight excluding hydrogens is 368 g/mol. The predicted molar refractivity (Wildman–Crippen MR) is 109 cm³/mol. The molecule has 6 nitrogen and oxygen atoms in total. The first-order chi connectivity index (χ1) is 14.1. The van der Waals surface area contributed by atoms with Crippen LogP contribution in [0, 0.1) is 0 Å². The van der Waals surface area contributed by atoms with E-state index in [0.29, 0.717) is 23.5 Å². The van der Waals surface area contributed by atoms with Crippen LogP contribution < -0.4 is 15.4 Å². The first-order valence-corrected chi connectivity index (χ1v) is 9.20. The van der Waals surface area contributed by atoms with E-state index in [1.54, 1.807) is 18.2 Å². The third-order valence-electron chi connectivity index (χ3n) is 4.74. The molecule has 0 bridgehead atoms. The molecule has 2 N–H and O–H groups in total. The van der Waals surface area contributed by atoms with Gasteiger partial charge in [-0.25, -0.2) is 4.79 Å². The molecule has 0 saturated carbocycles. The second kappa shape index (κ2) is 8.06. The van der Waals surface area contributed by atoms with Crippen LogP contribution in [0.15, 0.2) is 72.8 Å². The van der Waals surface area contributed by atoms with E-state index in [0.717, 1.165) is 16.8 Å². The lowest BCUT2D eigenvalue weighted by atomic mass is 10.1. The fraction of sp³-hybridized carbons (Fsp3) is 0.130. The fourth-order valence-corrected chi connectivity index (χ4v) is 3.15. The molecule has 1 aliphatic rings. The lowest BCUT2D eigenvalue weighted by Gasteiger charge is -2.28. The van der Waals surface area contributed by atoms with Crippen LogP contribution in [0.3, 0.4) is 0 Å². The molecule has 0 spiro atoms. The quantitative estimate of drug-likeness (QED) is 0.648. The maximum absolute atomic E-state index is 12.3. The van der Waals surface area contributed by atoms with Crippen LogP contribution in [0.25, 0.3) is 0 Å². The summed E-state index contributed by atoms with van der Waals surface area (Å²) in [6, 6.07) is 22.1. The number of hydrogen-bond donors (Lipinski definition) is 2. The molecule has 1 heterocycles. The number of ether oxygens (including phenoxy) is 2. The van der Waals surface area contributed by atoms with Crippen LogP contribution in [0.1, 0.15) is 38.0 Å². The zero-order valence-electron chi connectivity index (χ0n) is 15.8. The van der Waals surface area contributed by atoms with E-state index in [4.69, 9.17) is 9.47 Å². The Morgan fingerprint density at radius 2 is 1.66 bits per heavy atom. The van der Waals surface area contributed by atoms with Crippen LogP contribution in [0.5, 0.6) is 5.75 Å². The molecule has 1 unspecified atom stereocenters. The Bertz CT molecular complexity index is 1030. The van der Waals surface area contributed by atoms with Crippen LogP contribution in [-0.4, -0.2) is 19.0 Å². The molecule has 1 aliphatic heterocycles. The largest absolute Gasteiger partial charge is 0.489 e. The van der Waals surface area contributed by atoms with Crippen LogP contribution in [0.2, 0.25) is 0 Å². The summed E-state index contributed by atoms with van der Waals surface area (Å²) in [5.74, 6) is 0.257. The maximum Gasteiger partial charge on any atom is 0.337 e. The number of carbonyl (C=O) groups is 2. The molecule has 3 aromatic carbocycles. The van der Waals surface area contributed by atoms with E-state index < -0.39 is 0 Å². The molecule has 0 aromatic heterocycles. The Morgan fingerprint density at radius 3 is 2.38 bits per heavy atom. The highest BCUT2D eigenvalue weighted by Crippen LogP contribution is 2.27. The van der Waals surface area contributed by atoms with E-state index in [1.807, 2.05) is 54.6 Å². The minimum Gasteiger partial charge on any atom is -0.489 e. The van der Waals surface area contributed by atoms with Crippen molar-refractivity contribution in [2.45, 2.75) is 12.8 Å². The highest BCUT2D eigenvalue weighted by atomic mass is 16.5. The second-order valence-electron chi connectivity index (χ2n) is 6.64. The summed E-state index contributed by atoms with van der Waals surface area (Å²) < 4.78 is 10.5. The van der Waals surface area contributed by atoms with E-state index in [1.165, 1.54) is 7.11 Å². The van der Waals surface area contributed by atoms with Gasteiger partial charge in [-0.3, -0.25) is 4.79 Å². The van der Waals surface area contributed by atoms with Gasteiger partial charge in [-0.1, -0.05) is 36.4 Å². The Kier molecular flexibility index (Phi) is 5.16. The maximum atomic E-state index is 12.3.